The van der Waals surface area contributed by atoms with Gasteiger partial charge in [-0.25, -0.2) is 0 Å². The third-order valence-electron chi connectivity index (χ3n) is 12.7. The Labute approximate surface area is 373 Å². The van der Waals surface area contributed by atoms with Crippen LogP contribution in [0.4, 0.5) is 17.1 Å². The zero-order chi connectivity index (χ0) is 42.4. The highest BCUT2D eigenvalue weighted by molar-refractivity contribution is 6.05. The van der Waals surface area contributed by atoms with Crippen LogP contribution >= 0.6 is 0 Å². The van der Waals surface area contributed by atoms with Crippen molar-refractivity contribution in [3.05, 3.63) is 249 Å². The third-order valence-corrected chi connectivity index (χ3v) is 12.7. The summed E-state index contributed by atoms with van der Waals surface area (Å²) >= 11 is 0. The molecule has 300 valence electrons. The molecule has 0 atom stereocenters. The second-order valence-corrected chi connectivity index (χ2v) is 16.5. The van der Waals surface area contributed by atoms with Gasteiger partial charge in [-0.05, 0) is 132 Å². The predicted molar refractivity (Wildman–Crippen MR) is 269 cm³/mol. The maximum absolute atomic E-state index is 6.53. The van der Waals surface area contributed by atoms with Crippen LogP contribution in [0.2, 0.25) is 0 Å². The highest BCUT2D eigenvalue weighted by Gasteiger charge is 2.23. The molecule has 0 saturated carbocycles. The molecular weight excluding hydrogens is 775 g/mol. The van der Waals surface area contributed by atoms with Gasteiger partial charge in [0.15, 0.2) is 0 Å². The molecule has 0 aromatic heterocycles. The summed E-state index contributed by atoms with van der Waals surface area (Å²) in [5.74, 6) is 1.77. The summed E-state index contributed by atoms with van der Waals surface area (Å²) in [4.78, 5) is 2.39. The van der Waals surface area contributed by atoms with E-state index in [1.807, 2.05) is 0 Å². The number of hydrogen-bond donors (Lipinski definition) is 0. The van der Waals surface area contributed by atoms with Gasteiger partial charge in [0.1, 0.15) is 11.5 Å². The van der Waals surface area contributed by atoms with E-state index in [2.05, 4.69) is 254 Å². The Bertz CT molecular complexity index is 3500. The molecule has 1 heterocycles. The van der Waals surface area contributed by atoms with Crippen LogP contribution in [-0.4, -0.2) is 0 Å². The molecule has 2 heteroatoms. The van der Waals surface area contributed by atoms with Gasteiger partial charge in [0.05, 0.1) is 5.69 Å². The van der Waals surface area contributed by atoms with Crippen molar-refractivity contribution in [2.45, 2.75) is 0 Å². The fourth-order valence-electron chi connectivity index (χ4n) is 9.50. The van der Waals surface area contributed by atoms with E-state index in [9.17, 15) is 0 Å². The van der Waals surface area contributed by atoms with Crippen molar-refractivity contribution in [1.29, 1.82) is 0 Å². The summed E-state index contributed by atoms with van der Waals surface area (Å²) < 4.78 is 6.53. The molecule has 0 amide bonds. The summed E-state index contributed by atoms with van der Waals surface area (Å²) in [6, 6.07) is 89.7. The van der Waals surface area contributed by atoms with E-state index in [4.69, 9.17) is 4.74 Å². The number of ether oxygens (including phenoxy) is 1. The normalized spacial score (nSPS) is 11.6. The molecule has 11 aromatic rings. The molecule has 1 aliphatic rings. The van der Waals surface area contributed by atoms with Crippen molar-refractivity contribution >= 4 is 38.6 Å². The predicted octanol–water partition coefficient (Wildman–Crippen LogP) is 17.6. The lowest BCUT2D eigenvalue weighted by Crippen LogP contribution is -2.11. The Morgan fingerprint density at radius 1 is 0.250 bits per heavy atom. The monoisotopic (exact) mass is 815 g/mol. The molecule has 2 nitrogen and oxygen atoms in total. The maximum Gasteiger partial charge on any atom is 0.135 e. The number of fused-ring (bicyclic) bond motifs is 3. The van der Waals surface area contributed by atoms with E-state index >= 15 is 0 Å². The number of rotatable bonds is 8. The molecule has 64 heavy (non-hydrogen) atoms. The zero-order valence-electron chi connectivity index (χ0n) is 35.0. The second-order valence-electron chi connectivity index (χ2n) is 16.5. The van der Waals surface area contributed by atoms with Crippen molar-refractivity contribution in [1.82, 2.24) is 0 Å². The minimum absolute atomic E-state index is 0.872. The fraction of sp³-hybridized carbons (Fsp3) is 0. The smallest absolute Gasteiger partial charge is 0.135 e. The van der Waals surface area contributed by atoms with Gasteiger partial charge < -0.3 is 9.64 Å². The van der Waals surface area contributed by atoms with Crippen LogP contribution in [0.15, 0.2) is 249 Å². The topological polar surface area (TPSA) is 12.5 Å². The molecule has 0 saturated heterocycles. The summed E-state index contributed by atoms with van der Waals surface area (Å²) in [6.45, 7) is 0. The summed E-state index contributed by atoms with van der Waals surface area (Å²) in [5.41, 5.74) is 17.3. The zero-order valence-corrected chi connectivity index (χ0v) is 35.0. The van der Waals surface area contributed by atoms with E-state index in [1.165, 1.54) is 60.7 Å². The standard InChI is InChI=1S/C62H41NO/c1-3-14-45(15-4-1)54-37-31-50(40-57(54)46-16-5-2-6-17-46)44-29-35-53(36-30-44)63(52-33-27-43(28-34-52)49-26-25-42-13-7-8-18-48(42)39-49)59-23-10-9-21-55(59)51-32-38-60-58(41-51)56-22-11-19-47-20-12-24-61(64-60)62(47)56/h1-41H. The summed E-state index contributed by atoms with van der Waals surface area (Å²) in [7, 11) is 0. The number of para-hydroxylation sites is 1. The molecule has 0 spiro atoms. The highest BCUT2D eigenvalue weighted by atomic mass is 16.5. The molecule has 0 aliphatic carbocycles. The van der Waals surface area contributed by atoms with Crippen LogP contribution in [0.1, 0.15) is 0 Å². The lowest BCUT2D eigenvalue weighted by Gasteiger charge is -2.29. The van der Waals surface area contributed by atoms with Crippen LogP contribution in [0.5, 0.6) is 11.5 Å². The highest BCUT2D eigenvalue weighted by Crippen LogP contribution is 2.49. The summed E-state index contributed by atoms with van der Waals surface area (Å²) in [6.07, 6.45) is 0. The molecule has 0 N–H and O–H groups in total. The van der Waals surface area contributed by atoms with E-state index in [0.29, 0.717) is 0 Å². The summed E-state index contributed by atoms with van der Waals surface area (Å²) in [5, 5.41) is 4.81. The Balaban J connectivity index is 0.971. The van der Waals surface area contributed by atoms with Crippen LogP contribution in [0.3, 0.4) is 0 Å². The van der Waals surface area contributed by atoms with Crippen LogP contribution in [0.25, 0.3) is 88.3 Å². The van der Waals surface area contributed by atoms with Crippen LogP contribution in [-0.2, 0) is 0 Å². The number of benzene rings is 11. The van der Waals surface area contributed by atoms with Crippen molar-refractivity contribution in [3.63, 3.8) is 0 Å². The van der Waals surface area contributed by atoms with E-state index in [0.717, 1.165) is 56.2 Å². The number of hydrogen-bond acceptors (Lipinski definition) is 2. The Morgan fingerprint density at radius 3 is 1.52 bits per heavy atom. The van der Waals surface area contributed by atoms with Crippen molar-refractivity contribution in [3.8, 4) is 78.3 Å². The fourth-order valence-corrected chi connectivity index (χ4v) is 9.50. The largest absolute Gasteiger partial charge is 0.456 e. The quantitative estimate of drug-likeness (QED) is 0.151. The van der Waals surface area contributed by atoms with Gasteiger partial charge >= 0.3 is 0 Å². The van der Waals surface area contributed by atoms with E-state index in [1.54, 1.807) is 0 Å². The van der Waals surface area contributed by atoms with Gasteiger partial charge in [-0.2, -0.15) is 0 Å². The molecule has 11 aromatic carbocycles. The first kappa shape index (κ1) is 37.3. The SMILES string of the molecule is c1ccc(-c2ccc(-c3ccc(N(c4ccc(-c5ccc6ccccc6c5)cc4)c4ccccc4-c4ccc5c(c4)-c4cccc6cccc(c46)O5)cc3)cc2-c2ccccc2)cc1. The van der Waals surface area contributed by atoms with Gasteiger partial charge in [-0.3, -0.25) is 0 Å². The Kier molecular flexibility index (Phi) is 9.20. The van der Waals surface area contributed by atoms with Gasteiger partial charge in [0, 0.05) is 27.9 Å². The number of anilines is 3. The average Bonchev–Trinajstić information content (AvgIpc) is 3.37. The van der Waals surface area contributed by atoms with Crippen molar-refractivity contribution in [2.75, 3.05) is 4.90 Å². The van der Waals surface area contributed by atoms with Crippen LogP contribution < -0.4 is 9.64 Å². The second kappa shape index (κ2) is 15.8. The van der Waals surface area contributed by atoms with E-state index in [-0.39, 0.29) is 0 Å². The molecule has 0 bridgehead atoms. The van der Waals surface area contributed by atoms with Gasteiger partial charge in [0.2, 0.25) is 0 Å². The molecule has 1 aliphatic heterocycles. The molecule has 0 unspecified atom stereocenters. The Hall–Kier alpha value is -8.46. The molecule has 0 fully saturated rings. The number of nitrogens with zero attached hydrogens (tertiary/aromatic N) is 1. The average molecular weight is 816 g/mol. The lowest BCUT2D eigenvalue weighted by molar-refractivity contribution is 0.487. The molecule has 12 rings (SSSR count). The lowest BCUT2D eigenvalue weighted by atomic mass is 9.91. The van der Waals surface area contributed by atoms with Gasteiger partial charge in [0.25, 0.3) is 0 Å². The van der Waals surface area contributed by atoms with Crippen LogP contribution in [0, 0.1) is 0 Å². The van der Waals surface area contributed by atoms with Gasteiger partial charge in [-0.1, -0.05) is 188 Å². The first-order chi connectivity index (χ1) is 31.7. The molecular formula is C62H41NO. The first-order valence-corrected chi connectivity index (χ1v) is 21.9. The minimum atomic E-state index is 0.872. The Morgan fingerprint density at radius 2 is 0.781 bits per heavy atom. The van der Waals surface area contributed by atoms with Crippen molar-refractivity contribution in [2.24, 2.45) is 0 Å². The third kappa shape index (κ3) is 6.70. The molecule has 0 radical (unpaired) electrons. The van der Waals surface area contributed by atoms with Gasteiger partial charge in [-0.15, -0.1) is 0 Å². The van der Waals surface area contributed by atoms with E-state index < -0.39 is 0 Å². The maximum atomic E-state index is 6.53. The minimum Gasteiger partial charge on any atom is -0.456 e. The van der Waals surface area contributed by atoms with Crippen molar-refractivity contribution < 1.29 is 4.74 Å². The first-order valence-electron chi connectivity index (χ1n) is 21.9.